The van der Waals surface area contributed by atoms with Crippen molar-refractivity contribution in [1.82, 2.24) is 24.4 Å². The third-order valence-electron chi connectivity index (χ3n) is 3.29. The molecule has 2 aromatic rings. The van der Waals surface area contributed by atoms with E-state index in [0.29, 0.717) is 6.04 Å². The molecular weight excluding hydrogens is 226 g/mol. The normalized spacial score (nSPS) is 13.1. The lowest BCUT2D eigenvalue weighted by Gasteiger charge is -2.24. The molecule has 18 heavy (non-hydrogen) atoms. The molecule has 1 atom stereocenters. The molecule has 98 valence electrons. The van der Waals surface area contributed by atoms with Gasteiger partial charge in [0, 0.05) is 43.8 Å². The molecule has 0 amide bonds. The van der Waals surface area contributed by atoms with E-state index >= 15 is 0 Å². The number of hydrogen-bond donors (Lipinski definition) is 1. The number of rotatable bonds is 6. The summed E-state index contributed by atoms with van der Waals surface area (Å²) in [7, 11) is 2.12. The Labute approximate surface area is 108 Å². The van der Waals surface area contributed by atoms with Crippen molar-refractivity contribution in [3.05, 3.63) is 36.4 Å². The van der Waals surface area contributed by atoms with Gasteiger partial charge in [0.25, 0.3) is 0 Å². The Bertz CT molecular complexity index is 459. The van der Waals surface area contributed by atoms with Crippen molar-refractivity contribution in [2.24, 2.45) is 0 Å². The zero-order valence-corrected chi connectivity index (χ0v) is 11.3. The van der Waals surface area contributed by atoms with E-state index in [9.17, 15) is 0 Å². The van der Waals surface area contributed by atoms with E-state index in [1.54, 1.807) is 6.20 Å². The van der Waals surface area contributed by atoms with Crippen LogP contribution in [0.5, 0.6) is 0 Å². The summed E-state index contributed by atoms with van der Waals surface area (Å²) in [6, 6.07) is 0.439. The average Bonchev–Trinajstić information content (AvgIpc) is 2.99. The minimum absolute atomic E-state index is 0.439. The molecule has 2 heterocycles. The molecule has 0 spiro atoms. The summed E-state index contributed by atoms with van der Waals surface area (Å²) in [4.78, 5) is 14.0. The molecule has 0 unspecified atom stereocenters. The lowest BCUT2D eigenvalue weighted by molar-refractivity contribution is 0.221. The summed E-state index contributed by atoms with van der Waals surface area (Å²) >= 11 is 0. The number of likely N-dealkylation sites (N-methyl/N-ethyl adjacent to an activating group) is 1. The molecule has 5 heteroatoms. The van der Waals surface area contributed by atoms with Crippen molar-refractivity contribution in [2.45, 2.75) is 39.4 Å². The summed E-state index contributed by atoms with van der Waals surface area (Å²) in [5.41, 5.74) is 0. The van der Waals surface area contributed by atoms with Gasteiger partial charge in [0.2, 0.25) is 0 Å². The molecule has 0 aliphatic carbocycles. The van der Waals surface area contributed by atoms with E-state index in [4.69, 9.17) is 0 Å². The average molecular weight is 247 g/mol. The van der Waals surface area contributed by atoms with Crippen LogP contribution in [-0.2, 0) is 19.5 Å². The standard InChI is InChI=1S/C13H21N5/c1-4-13-16-7-8-18(13)9-11(2)17(3)10-12-14-5-6-15-12/h5-8,11H,4,9-10H2,1-3H3,(H,14,15)/t11-/m0/s1. The van der Waals surface area contributed by atoms with Crippen LogP contribution in [-0.4, -0.2) is 37.5 Å². The molecule has 2 rings (SSSR count). The number of aryl methyl sites for hydroxylation is 1. The van der Waals surface area contributed by atoms with E-state index in [0.717, 1.165) is 31.2 Å². The van der Waals surface area contributed by atoms with Crippen LogP contribution in [0.1, 0.15) is 25.5 Å². The molecular formula is C13H21N5. The molecule has 2 aromatic heterocycles. The van der Waals surface area contributed by atoms with Gasteiger partial charge in [-0.05, 0) is 14.0 Å². The van der Waals surface area contributed by atoms with Gasteiger partial charge in [0.1, 0.15) is 11.6 Å². The molecule has 0 aliphatic heterocycles. The Morgan fingerprint density at radius 2 is 2.22 bits per heavy atom. The van der Waals surface area contributed by atoms with Gasteiger partial charge in [0.05, 0.1) is 6.54 Å². The number of aromatic amines is 1. The minimum atomic E-state index is 0.439. The van der Waals surface area contributed by atoms with Gasteiger partial charge in [-0.1, -0.05) is 6.92 Å². The van der Waals surface area contributed by atoms with Crippen LogP contribution in [0.15, 0.2) is 24.8 Å². The van der Waals surface area contributed by atoms with Crippen LogP contribution < -0.4 is 0 Å². The first kappa shape index (κ1) is 12.8. The Kier molecular flexibility index (Phi) is 4.15. The first-order valence-electron chi connectivity index (χ1n) is 6.39. The predicted molar refractivity (Wildman–Crippen MR) is 71.1 cm³/mol. The van der Waals surface area contributed by atoms with E-state index in [1.165, 1.54) is 0 Å². The fourth-order valence-corrected chi connectivity index (χ4v) is 2.02. The fraction of sp³-hybridized carbons (Fsp3) is 0.538. The number of nitrogens with one attached hydrogen (secondary N) is 1. The summed E-state index contributed by atoms with van der Waals surface area (Å²) < 4.78 is 2.23. The second-order valence-electron chi connectivity index (χ2n) is 4.65. The highest BCUT2D eigenvalue weighted by Gasteiger charge is 2.12. The van der Waals surface area contributed by atoms with Gasteiger partial charge < -0.3 is 9.55 Å². The Morgan fingerprint density at radius 1 is 1.39 bits per heavy atom. The smallest absolute Gasteiger partial charge is 0.120 e. The Balaban J connectivity index is 1.93. The maximum atomic E-state index is 4.35. The van der Waals surface area contributed by atoms with Crippen LogP contribution in [0.3, 0.4) is 0 Å². The SMILES string of the molecule is CCc1nccn1C[C@H](C)N(C)Cc1ncc[nH]1. The van der Waals surface area contributed by atoms with Crippen LogP contribution in [0, 0.1) is 0 Å². The van der Waals surface area contributed by atoms with Crippen LogP contribution in [0.4, 0.5) is 0 Å². The quantitative estimate of drug-likeness (QED) is 0.845. The van der Waals surface area contributed by atoms with Gasteiger partial charge in [0.15, 0.2) is 0 Å². The molecule has 0 fully saturated rings. The van der Waals surface area contributed by atoms with E-state index in [-0.39, 0.29) is 0 Å². The molecule has 0 saturated carbocycles. The third-order valence-corrected chi connectivity index (χ3v) is 3.29. The fourth-order valence-electron chi connectivity index (χ4n) is 2.02. The van der Waals surface area contributed by atoms with E-state index in [2.05, 4.69) is 51.5 Å². The summed E-state index contributed by atoms with van der Waals surface area (Å²) in [5, 5.41) is 0. The lowest BCUT2D eigenvalue weighted by Crippen LogP contribution is -2.33. The highest BCUT2D eigenvalue weighted by atomic mass is 15.2. The van der Waals surface area contributed by atoms with Crippen molar-refractivity contribution < 1.29 is 0 Å². The number of aromatic nitrogens is 4. The number of hydrogen-bond acceptors (Lipinski definition) is 3. The topological polar surface area (TPSA) is 49.7 Å². The van der Waals surface area contributed by atoms with E-state index < -0.39 is 0 Å². The second kappa shape index (κ2) is 5.82. The minimum Gasteiger partial charge on any atom is -0.348 e. The second-order valence-corrected chi connectivity index (χ2v) is 4.65. The Hall–Kier alpha value is -1.62. The summed E-state index contributed by atoms with van der Waals surface area (Å²) in [5.74, 6) is 2.15. The van der Waals surface area contributed by atoms with Crippen molar-refractivity contribution in [1.29, 1.82) is 0 Å². The van der Waals surface area contributed by atoms with Crippen molar-refractivity contribution in [3.8, 4) is 0 Å². The summed E-state index contributed by atoms with van der Waals surface area (Å²) in [6.45, 7) is 6.16. The molecule has 5 nitrogen and oxygen atoms in total. The molecule has 0 aromatic carbocycles. The third kappa shape index (κ3) is 2.98. The van der Waals surface area contributed by atoms with Crippen LogP contribution in [0.25, 0.3) is 0 Å². The van der Waals surface area contributed by atoms with Crippen molar-refractivity contribution in [3.63, 3.8) is 0 Å². The monoisotopic (exact) mass is 247 g/mol. The van der Waals surface area contributed by atoms with Crippen LogP contribution in [0.2, 0.25) is 0 Å². The summed E-state index contributed by atoms with van der Waals surface area (Å²) in [6.07, 6.45) is 8.55. The van der Waals surface area contributed by atoms with E-state index in [1.807, 2.05) is 12.4 Å². The van der Waals surface area contributed by atoms with Gasteiger partial charge in [-0.3, -0.25) is 4.90 Å². The molecule has 0 bridgehead atoms. The van der Waals surface area contributed by atoms with Gasteiger partial charge >= 0.3 is 0 Å². The maximum Gasteiger partial charge on any atom is 0.120 e. The number of H-pyrrole nitrogens is 1. The maximum absolute atomic E-state index is 4.35. The van der Waals surface area contributed by atoms with Crippen molar-refractivity contribution >= 4 is 0 Å². The first-order chi connectivity index (χ1) is 8.70. The van der Waals surface area contributed by atoms with Gasteiger partial charge in [-0.15, -0.1) is 0 Å². The highest BCUT2D eigenvalue weighted by molar-refractivity contribution is 4.93. The predicted octanol–water partition coefficient (Wildman–Crippen LogP) is 1.69. The van der Waals surface area contributed by atoms with Crippen LogP contribution >= 0.6 is 0 Å². The van der Waals surface area contributed by atoms with Crippen molar-refractivity contribution in [2.75, 3.05) is 7.05 Å². The largest absolute Gasteiger partial charge is 0.348 e. The Morgan fingerprint density at radius 3 is 2.89 bits per heavy atom. The molecule has 1 N–H and O–H groups in total. The number of imidazole rings is 2. The molecule has 0 saturated heterocycles. The zero-order chi connectivity index (χ0) is 13.0. The van der Waals surface area contributed by atoms with Gasteiger partial charge in [-0.25, -0.2) is 9.97 Å². The number of nitrogens with zero attached hydrogens (tertiary/aromatic N) is 4. The van der Waals surface area contributed by atoms with Gasteiger partial charge in [-0.2, -0.15) is 0 Å². The lowest BCUT2D eigenvalue weighted by atomic mass is 10.3. The first-order valence-corrected chi connectivity index (χ1v) is 6.39. The zero-order valence-electron chi connectivity index (χ0n) is 11.3. The molecule has 0 aliphatic rings. The molecule has 0 radical (unpaired) electrons. The highest BCUT2D eigenvalue weighted by Crippen LogP contribution is 2.07.